The number of nitrogens with one attached hydrogen (secondary N) is 2. The molecule has 1 aliphatic heterocycles. The number of amides is 2. The van der Waals surface area contributed by atoms with Gasteiger partial charge in [0.05, 0.1) is 33.5 Å². The number of esters is 1. The highest BCUT2D eigenvalue weighted by atomic mass is 16.7. The lowest BCUT2D eigenvalue weighted by Gasteiger charge is -2.62. The molecule has 2 unspecified atom stereocenters. The number of nitrogens with zero attached hydrogens (tertiary/aromatic N) is 3. The molecule has 7 rings (SSSR count). The molecular formula is C41H59N5O8. The molecular weight excluding hydrogens is 690 g/mol. The van der Waals surface area contributed by atoms with E-state index < -0.39 is 42.1 Å². The van der Waals surface area contributed by atoms with E-state index >= 15 is 0 Å². The number of carbonyl (C=O) groups is 3. The molecule has 0 aromatic heterocycles. The largest absolute Gasteiger partial charge is 0.496 e. The van der Waals surface area contributed by atoms with Crippen LogP contribution >= 0.6 is 0 Å². The van der Waals surface area contributed by atoms with Gasteiger partial charge < -0.3 is 40.1 Å². The first-order valence-electron chi connectivity index (χ1n) is 19.0. The van der Waals surface area contributed by atoms with Crippen LogP contribution in [0.25, 0.3) is 11.1 Å². The van der Waals surface area contributed by atoms with Crippen molar-refractivity contribution < 1.29 is 38.9 Å². The van der Waals surface area contributed by atoms with Crippen molar-refractivity contribution in [3.63, 3.8) is 0 Å². The molecule has 5 fully saturated rings. The Kier molecular flexibility index (Phi) is 11.1. The third-order valence-corrected chi connectivity index (χ3v) is 13.2. The number of likely N-dealkylation sites (N-methyl/N-ethyl adjacent to an activating group) is 1. The summed E-state index contributed by atoms with van der Waals surface area (Å²) in [6, 6.07) is 9.45. The van der Waals surface area contributed by atoms with Gasteiger partial charge in [-0.25, -0.2) is 4.79 Å². The number of benzene rings is 2. The second-order valence-electron chi connectivity index (χ2n) is 17.0. The molecule has 1 saturated heterocycles. The van der Waals surface area contributed by atoms with Crippen molar-refractivity contribution in [1.29, 1.82) is 0 Å². The van der Waals surface area contributed by atoms with Crippen LogP contribution in [0.1, 0.15) is 56.5 Å². The summed E-state index contributed by atoms with van der Waals surface area (Å²) in [6.45, 7) is 8.67. The van der Waals surface area contributed by atoms with Gasteiger partial charge in [0.2, 0.25) is 5.91 Å². The highest BCUT2D eigenvalue weighted by molar-refractivity contribution is 5.99. The Hall–Kier alpha value is -3.75. The van der Waals surface area contributed by atoms with Crippen molar-refractivity contribution in [1.82, 2.24) is 20.6 Å². The number of hydrogen-bond donors (Lipinski definition) is 4. The number of rotatable bonds is 14. The van der Waals surface area contributed by atoms with Crippen molar-refractivity contribution in [2.45, 2.75) is 77.4 Å². The van der Waals surface area contributed by atoms with Gasteiger partial charge in [-0.05, 0) is 86.2 Å². The van der Waals surface area contributed by atoms with Crippen LogP contribution in [0.2, 0.25) is 0 Å². The molecule has 4 aliphatic carbocycles. The summed E-state index contributed by atoms with van der Waals surface area (Å²) in [5.74, 6) is -0.0195. The topological polar surface area (TPSA) is 153 Å². The number of para-hydroxylation sites is 1. The van der Waals surface area contributed by atoms with E-state index in [-0.39, 0.29) is 37.1 Å². The van der Waals surface area contributed by atoms with Crippen molar-refractivity contribution in [2.24, 2.45) is 34.5 Å². The SMILES string of the molecule is COC(=O)[C@@H](CN(C)C)NC(=O)c1cc(-c2cccc(CN3O[C@@H](CO)[C@@H]([C@H](C)O)[C@H]3C(=O)N[C@H]3C4CC45C[C@@H]([C@@H]3C)C5(C)C)c2OC)cc(N(C)C)c1. The van der Waals surface area contributed by atoms with Gasteiger partial charge in [-0.2, -0.15) is 5.06 Å². The molecule has 54 heavy (non-hydrogen) atoms. The fourth-order valence-corrected chi connectivity index (χ4v) is 10.2. The predicted octanol–water partition coefficient (Wildman–Crippen LogP) is 2.92. The Bertz CT molecular complexity index is 1750. The van der Waals surface area contributed by atoms with E-state index in [2.05, 4.69) is 31.4 Å². The Morgan fingerprint density at radius 1 is 1.07 bits per heavy atom. The summed E-state index contributed by atoms with van der Waals surface area (Å²) >= 11 is 0. The van der Waals surface area contributed by atoms with E-state index in [9.17, 15) is 24.6 Å². The summed E-state index contributed by atoms with van der Waals surface area (Å²) in [4.78, 5) is 50.5. The maximum Gasteiger partial charge on any atom is 0.329 e. The molecule has 296 valence electrons. The van der Waals surface area contributed by atoms with E-state index in [4.69, 9.17) is 14.3 Å². The van der Waals surface area contributed by atoms with E-state index in [1.165, 1.54) is 13.5 Å². The fraction of sp³-hybridized carbons (Fsp3) is 0.634. The summed E-state index contributed by atoms with van der Waals surface area (Å²) in [6.07, 6.45) is 0.649. The van der Waals surface area contributed by atoms with Gasteiger partial charge in [-0.3, -0.25) is 14.4 Å². The molecule has 10 atom stereocenters. The van der Waals surface area contributed by atoms with Gasteiger partial charge in [0.15, 0.2) is 0 Å². The van der Waals surface area contributed by atoms with Crippen molar-refractivity contribution in [2.75, 3.05) is 60.5 Å². The van der Waals surface area contributed by atoms with E-state index in [1.54, 1.807) is 36.1 Å². The molecule has 4 saturated carbocycles. The Labute approximate surface area is 319 Å². The van der Waals surface area contributed by atoms with E-state index in [0.29, 0.717) is 51.2 Å². The highest BCUT2D eigenvalue weighted by Gasteiger charge is 2.79. The van der Waals surface area contributed by atoms with Crippen molar-refractivity contribution in [3.05, 3.63) is 47.5 Å². The molecule has 13 heteroatoms. The number of methoxy groups -OCH3 is 2. The van der Waals surface area contributed by atoms with Crippen LogP contribution in [-0.2, 0) is 25.7 Å². The van der Waals surface area contributed by atoms with Gasteiger partial charge in [-0.1, -0.05) is 39.0 Å². The molecule has 2 aromatic rings. The summed E-state index contributed by atoms with van der Waals surface area (Å²) in [5, 5.41) is 29.2. The quantitative estimate of drug-likeness (QED) is 0.211. The molecule has 1 spiro atoms. The normalized spacial score (nSPS) is 30.4. The number of aliphatic hydroxyl groups excluding tert-OH is 2. The molecule has 2 bridgehead atoms. The van der Waals surface area contributed by atoms with Crippen LogP contribution in [0.4, 0.5) is 5.69 Å². The molecule has 5 aliphatic rings. The minimum absolute atomic E-state index is 0.0490. The third kappa shape index (κ3) is 6.87. The van der Waals surface area contributed by atoms with Crippen LogP contribution in [0, 0.1) is 34.5 Å². The van der Waals surface area contributed by atoms with Crippen LogP contribution in [0.3, 0.4) is 0 Å². The van der Waals surface area contributed by atoms with Crippen LogP contribution in [0.5, 0.6) is 5.75 Å². The second kappa shape index (κ2) is 15.1. The molecule has 4 N–H and O–H groups in total. The number of fused-ring (bicyclic) bond motifs is 1. The standard InChI is InChI=1S/C41H59N5O8/c1-22-29-17-41(40(29,3)4)18-30(41)34(22)43-38(50)35-33(23(2)48)32(21-47)54-46(35)19-24-12-11-13-28(36(24)52-9)25-14-26(16-27(15-25)45(7)8)37(49)42-31(20-44(5)6)39(51)53-10/h11-16,22-23,29-35,47-48H,17-21H2,1-10H3,(H,42,49)(H,43,50)/t22-,23-,29-,30?,31+,32-,33+,34+,35-,41?/m0/s1. The lowest BCUT2D eigenvalue weighted by Crippen LogP contribution is -2.63. The Morgan fingerprint density at radius 3 is 2.37 bits per heavy atom. The highest BCUT2D eigenvalue weighted by Crippen LogP contribution is 2.83. The molecule has 1 heterocycles. The fourth-order valence-electron chi connectivity index (χ4n) is 10.2. The third-order valence-electron chi connectivity index (χ3n) is 13.2. The van der Waals surface area contributed by atoms with Crippen LogP contribution < -0.4 is 20.3 Å². The summed E-state index contributed by atoms with van der Waals surface area (Å²) in [7, 11) is 10.2. The first-order chi connectivity index (χ1) is 25.5. The first-order valence-corrected chi connectivity index (χ1v) is 19.0. The smallest absolute Gasteiger partial charge is 0.329 e. The average molecular weight is 750 g/mol. The van der Waals surface area contributed by atoms with Gasteiger partial charge in [-0.15, -0.1) is 0 Å². The maximum atomic E-state index is 14.4. The average Bonchev–Trinajstić information content (AvgIpc) is 3.82. The van der Waals surface area contributed by atoms with Gasteiger partial charge in [0.25, 0.3) is 5.91 Å². The summed E-state index contributed by atoms with van der Waals surface area (Å²) in [5.41, 5.74) is 3.80. The minimum Gasteiger partial charge on any atom is -0.496 e. The number of carbonyl (C=O) groups excluding carboxylic acids is 3. The first kappa shape index (κ1) is 39.9. The second-order valence-corrected chi connectivity index (χ2v) is 17.0. The molecule has 0 radical (unpaired) electrons. The monoisotopic (exact) mass is 749 g/mol. The number of hydroxylamine groups is 2. The maximum absolute atomic E-state index is 14.4. The van der Waals surface area contributed by atoms with Gasteiger partial charge >= 0.3 is 5.97 Å². The zero-order valence-corrected chi connectivity index (χ0v) is 33.4. The molecule has 13 nitrogen and oxygen atoms in total. The van der Waals surface area contributed by atoms with Gasteiger partial charge in [0, 0.05) is 55.0 Å². The Balaban J connectivity index is 1.30. The summed E-state index contributed by atoms with van der Waals surface area (Å²) < 4.78 is 11.0. The molecule has 2 aromatic carbocycles. The van der Waals surface area contributed by atoms with E-state index in [1.807, 2.05) is 57.4 Å². The zero-order valence-electron chi connectivity index (χ0n) is 33.4. The van der Waals surface area contributed by atoms with Crippen molar-refractivity contribution >= 4 is 23.5 Å². The lowest BCUT2D eigenvalue weighted by molar-refractivity contribution is -0.183. The zero-order chi connectivity index (χ0) is 39.4. The van der Waals surface area contributed by atoms with Crippen LogP contribution in [-0.4, -0.2) is 124 Å². The number of aliphatic hydroxyl groups is 2. The van der Waals surface area contributed by atoms with Gasteiger partial charge in [0.1, 0.15) is 23.9 Å². The Morgan fingerprint density at radius 2 is 1.78 bits per heavy atom. The predicted molar refractivity (Wildman–Crippen MR) is 205 cm³/mol. The van der Waals surface area contributed by atoms with E-state index in [0.717, 1.165) is 12.1 Å². The minimum atomic E-state index is -0.922. The number of hydrogen-bond acceptors (Lipinski definition) is 11. The molecule has 2 amide bonds. The lowest BCUT2D eigenvalue weighted by atomic mass is 9.43. The number of ether oxygens (including phenoxy) is 2. The van der Waals surface area contributed by atoms with Crippen molar-refractivity contribution in [3.8, 4) is 16.9 Å². The van der Waals surface area contributed by atoms with Crippen LogP contribution in [0.15, 0.2) is 36.4 Å². The number of anilines is 1.